The Hall–Kier alpha value is -13.2. The number of para-hydroxylation sites is 10. The van der Waals surface area contributed by atoms with Crippen molar-refractivity contribution in [2.24, 2.45) is 0 Å². The van der Waals surface area contributed by atoms with Gasteiger partial charge in [-0.2, -0.15) is 0 Å². The zero-order valence-corrected chi connectivity index (χ0v) is 57.5. The van der Waals surface area contributed by atoms with Crippen molar-refractivity contribution in [1.29, 1.82) is 0 Å². The van der Waals surface area contributed by atoms with Crippen LogP contribution in [0.5, 0.6) is 23.0 Å². The van der Waals surface area contributed by atoms with Gasteiger partial charge >= 0.3 is 0 Å². The summed E-state index contributed by atoms with van der Waals surface area (Å²) >= 11 is 0. The highest BCUT2D eigenvalue weighted by molar-refractivity contribution is 7.06. The first-order chi connectivity index (χ1) is 52.0. The second-order valence-electron chi connectivity index (χ2n) is 28.7. The second-order valence-corrected chi connectivity index (χ2v) is 28.7. The molecule has 0 unspecified atom stereocenters. The molecule has 15 aromatic carbocycles. The highest BCUT2D eigenvalue weighted by Gasteiger charge is 2.53. The molecule has 0 N–H and O–H groups in total. The quantitative estimate of drug-likeness (QED) is 0.138. The molecule has 15 aromatic rings. The summed E-state index contributed by atoms with van der Waals surface area (Å²) in [6.45, 7) is -0.565. The first-order valence-corrected chi connectivity index (χ1v) is 36.4. The summed E-state index contributed by atoms with van der Waals surface area (Å²) in [5.41, 5.74) is 36.0. The van der Waals surface area contributed by atoms with Crippen LogP contribution in [0.15, 0.2) is 334 Å². The highest BCUT2D eigenvalue weighted by atomic mass is 16.5. The average molecular weight is 1340 g/mol. The Labute approximate surface area is 611 Å². The van der Waals surface area contributed by atoms with Crippen LogP contribution in [0, 0.1) is 0 Å². The van der Waals surface area contributed by atoms with Gasteiger partial charge in [0.1, 0.15) is 23.0 Å². The molecule has 23 rings (SSSR count). The van der Waals surface area contributed by atoms with Gasteiger partial charge in [0, 0.05) is 135 Å². The van der Waals surface area contributed by atoms with Crippen molar-refractivity contribution in [3.05, 3.63) is 334 Å². The summed E-state index contributed by atoms with van der Waals surface area (Å²) in [5, 5.41) is 0. The van der Waals surface area contributed by atoms with Crippen molar-refractivity contribution in [2.75, 3.05) is 48.4 Å². The minimum Gasteiger partial charge on any atom is -0.458 e. The Balaban J connectivity index is 0.724. The number of hydrogen-bond acceptors (Lipinski definition) is 9. The van der Waals surface area contributed by atoms with Gasteiger partial charge in [-0.15, -0.1) is 0 Å². The first-order valence-electron chi connectivity index (χ1n) is 36.4. The molecule has 0 atom stereocenters. The van der Waals surface area contributed by atoms with Crippen molar-refractivity contribution >= 4 is 200 Å². The van der Waals surface area contributed by atoms with E-state index in [2.05, 4.69) is 382 Å². The lowest BCUT2D eigenvalue weighted by Gasteiger charge is -2.50. The largest absolute Gasteiger partial charge is 0.458 e. The molecule has 0 aromatic heterocycles. The van der Waals surface area contributed by atoms with E-state index in [0.717, 1.165) is 124 Å². The summed E-state index contributed by atoms with van der Waals surface area (Å²) in [5.74, 6) is 3.39. The summed E-state index contributed by atoms with van der Waals surface area (Å²) in [7, 11) is 4.56. The Morgan fingerprint density at radius 1 is 0.219 bits per heavy atom. The summed E-state index contributed by atoms with van der Waals surface area (Å²) in [6, 6.07) is 123. The molecule has 0 fully saturated rings. The van der Waals surface area contributed by atoms with Crippen LogP contribution < -0.4 is 109 Å². The fraction of sp³-hybridized carbons (Fsp3) is 0.0217. The van der Waals surface area contributed by atoms with Crippen molar-refractivity contribution in [1.82, 2.24) is 0 Å². The number of ether oxygens (including phenoxy) is 2. The van der Waals surface area contributed by atoms with Crippen LogP contribution >= 0.6 is 0 Å². The number of nitrogens with zero attached hydrogens (tertiary/aromatic N) is 7. The summed E-state index contributed by atoms with van der Waals surface area (Å²) in [4.78, 5) is 17.2. The van der Waals surface area contributed by atoms with Gasteiger partial charge in [0.15, 0.2) is 0 Å². The predicted molar refractivity (Wildman–Crippen MR) is 441 cm³/mol. The van der Waals surface area contributed by atoms with Gasteiger partial charge < -0.3 is 43.8 Å². The van der Waals surface area contributed by atoms with Crippen LogP contribution in [0.3, 0.4) is 0 Å². The maximum atomic E-state index is 7.67. The number of benzene rings is 15. The van der Waals surface area contributed by atoms with E-state index in [0.29, 0.717) is 0 Å². The topological polar surface area (TPSA) is 41.1 Å². The van der Waals surface area contributed by atoms with Gasteiger partial charge in [-0.25, -0.2) is 0 Å². The minimum atomic E-state index is -0.155. The van der Waals surface area contributed by atoms with Crippen LogP contribution in [0.25, 0.3) is 0 Å². The normalized spacial score (nSPS) is 14.0. The van der Waals surface area contributed by atoms with E-state index in [-0.39, 0.29) is 26.9 Å². The lowest BCUT2D eigenvalue weighted by atomic mass is 9.27. The van der Waals surface area contributed by atoms with E-state index in [1.165, 1.54) is 72.1 Å². The van der Waals surface area contributed by atoms with Gasteiger partial charge in [0.25, 0.3) is 26.9 Å². The molecule has 0 bridgehead atoms. The molecule has 13 heteroatoms. The lowest BCUT2D eigenvalue weighted by Crippen LogP contribution is -2.69. The standard InChI is InChI=1S/C92H61B4N7O2/c1-97-78-56-84-72(95-66-41-21-25-45-74(66)101(62-37-17-7-18-38-62)82-49-64(51-86(104-84)88(82)95)99(58-29-9-3-10-30-58)59-31-11-4-12-32-59)53-70(78)93-68-43-23-27-47-76(68)103-77-48-28-24-44-69(77)94-71-54-73-85(57-79(71)98(2)81-55-80(97)90(93)92(103)91(81)94)105-87-52-65(100(60-33-13-5-14-34-60)61-35-15-6-16-36-61)50-83-89(87)96(73)67-42-22-26-46-75(67)102(83)63-39-19-8-20-40-63/h3-57H,1-2H3. The Kier molecular flexibility index (Phi) is 12.3. The first kappa shape index (κ1) is 58.4. The van der Waals surface area contributed by atoms with E-state index in [4.69, 9.17) is 9.47 Å². The minimum absolute atomic E-state index is 0.127. The third kappa shape index (κ3) is 8.23. The fourth-order valence-corrected chi connectivity index (χ4v) is 19.2. The number of rotatable bonds is 8. The van der Waals surface area contributed by atoms with Crippen LogP contribution in [0.2, 0.25) is 0 Å². The average Bonchev–Trinajstić information content (AvgIpc) is 0.676. The smallest absolute Gasteiger partial charge is 0.256 e. The number of hydrogen-bond donors (Lipinski definition) is 0. The van der Waals surface area contributed by atoms with Crippen LogP contribution in [0.1, 0.15) is 0 Å². The van der Waals surface area contributed by atoms with Gasteiger partial charge in [0.05, 0.1) is 11.4 Å². The fourth-order valence-electron chi connectivity index (χ4n) is 19.2. The van der Waals surface area contributed by atoms with Crippen LogP contribution in [0.4, 0.5) is 108 Å². The molecule has 8 heterocycles. The molecule has 0 amide bonds. The highest BCUT2D eigenvalue weighted by Crippen LogP contribution is 2.52. The number of anilines is 19. The zero-order chi connectivity index (χ0) is 68.9. The molecule has 105 heavy (non-hydrogen) atoms. The Bertz CT molecular complexity index is 5730. The van der Waals surface area contributed by atoms with E-state index < -0.39 is 0 Å². The molecule has 0 aliphatic carbocycles. The monoisotopic (exact) mass is 1340 g/mol. The van der Waals surface area contributed by atoms with E-state index in [9.17, 15) is 0 Å². The summed E-state index contributed by atoms with van der Waals surface area (Å²) in [6.07, 6.45) is 0. The van der Waals surface area contributed by atoms with Gasteiger partial charge in [-0.1, -0.05) is 194 Å². The SMILES string of the molecule is CN1c2cc3c(cc2B2c4ccccc4N4c5ccccc5B5c6cc7c(cc6N(C)c6cc1c2c4c65)Oc1cc(N(c2ccccc2)c2ccccc2)cc2c1B7c1ccccc1N2c1ccccc1)B1c2ccccc2N(c2ccccc2)c2cc(N(c4ccccc4)c4ccccc4)cc(c21)O3. The molecule has 0 spiro atoms. The van der Waals surface area contributed by atoms with E-state index >= 15 is 0 Å². The van der Waals surface area contributed by atoms with Gasteiger partial charge in [0.2, 0.25) is 0 Å². The number of fused-ring (bicyclic) bond motifs is 18. The van der Waals surface area contributed by atoms with Crippen molar-refractivity contribution in [3.8, 4) is 23.0 Å². The zero-order valence-electron chi connectivity index (χ0n) is 57.5. The van der Waals surface area contributed by atoms with Crippen LogP contribution in [-0.4, -0.2) is 40.9 Å². The summed E-state index contributed by atoms with van der Waals surface area (Å²) < 4.78 is 15.3. The molecule has 8 aliphatic heterocycles. The van der Waals surface area contributed by atoms with Gasteiger partial charge in [-0.05, 0) is 181 Å². The third-order valence-electron chi connectivity index (χ3n) is 23.4. The van der Waals surface area contributed by atoms with Crippen LogP contribution in [-0.2, 0) is 0 Å². The molecular weight excluding hydrogens is 1280 g/mol. The van der Waals surface area contributed by atoms with Crippen molar-refractivity contribution in [3.63, 3.8) is 0 Å². The Morgan fingerprint density at radius 3 is 0.876 bits per heavy atom. The lowest BCUT2D eigenvalue weighted by molar-refractivity contribution is 0.487. The predicted octanol–water partition coefficient (Wildman–Crippen LogP) is 14.7. The molecule has 0 saturated carbocycles. The second kappa shape index (κ2) is 22.1. The van der Waals surface area contributed by atoms with E-state index in [1.807, 2.05) is 0 Å². The molecule has 0 radical (unpaired) electrons. The maximum Gasteiger partial charge on any atom is 0.256 e. The molecule has 9 nitrogen and oxygen atoms in total. The molecule has 0 saturated heterocycles. The molecular formula is C92H61B4N7O2. The third-order valence-corrected chi connectivity index (χ3v) is 23.4. The van der Waals surface area contributed by atoms with Crippen molar-refractivity contribution in [2.45, 2.75) is 0 Å². The van der Waals surface area contributed by atoms with Crippen molar-refractivity contribution < 1.29 is 9.47 Å². The van der Waals surface area contributed by atoms with E-state index in [1.54, 1.807) is 0 Å². The molecule has 8 aliphatic rings. The maximum absolute atomic E-state index is 7.67. The van der Waals surface area contributed by atoms with Gasteiger partial charge in [-0.3, -0.25) is 0 Å². The Morgan fingerprint density at radius 2 is 0.524 bits per heavy atom. The molecule has 488 valence electrons.